The summed E-state index contributed by atoms with van der Waals surface area (Å²) in [6, 6.07) is 10.9. The lowest BCUT2D eigenvalue weighted by Crippen LogP contribution is -2.16. The molecule has 28 heavy (non-hydrogen) atoms. The summed E-state index contributed by atoms with van der Waals surface area (Å²) in [5.41, 5.74) is 0.916. The van der Waals surface area contributed by atoms with Crippen LogP contribution in [0.3, 0.4) is 0 Å². The van der Waals surface area contributed by atoms with Crippen LogP contribution in [0.2, 0.25) is 0 Å². The Bertz CT molecular complexity index is 962. The molecule has 1 aromatic carbocycles. The molecule has 0 bridgehead atoms. The lowest BCUT2D eigenvalue weighted by molar-refractivity contribution is -0.137. The van der Waals surface area contributed by atoms with Crippen molar-refractivity contribution in [3.63, 3.8) is 0 Å². The van der Waals surface area contributed by atoms with Crippen molar-refractivity contribution in [1.82, 2.24) is 19.6 Å². The molecule has 0 fully saturated rings. The van der Waals surface area contributed by atoms with Gasteiger partial charge >= 0.3 is 5.97 Å². The van der Waals surface area contributed by atoms with Crippen molar-refractivity contribution in [2.45, 2.75) is 20.4 Å². The number of rotatable bonds is 8. The fourth-order valence-electron chi connectivity index (χ4n) is 2.42. The van der Waals surface area contributed by atoms with Crippen LogP contribution in [0.1, 0.15) is 24.3 Å². The SMILES string of the molecule is CC(C)COc1cn(-c2ccccc2)nc1C(=O)Nc1ccn(CC(=O)O)n1. The van der Waals surface area contributed by atoms with Gasteiger partial charge in [-0.1, -0.05) is 32.0 Å². The molecule has 0 aliphatic carbocycles. The van der Waals surface area contributed by atoms with Crippen LogP contribution in [0.4, 0.5) is 5.82 Å². The van der Waals surface area contributed by atoms with Crippen molar-refractivity contribution in [2.75, 3.05) is 11.9 Å². The first kappa shape index (κ1) is 19.2. The van der Waals surface area contributed by atoms with Crippen molar-refractivity contribution in [3.05, 3.63) is 54.5 Å². The molecule has 3 rings (SSSR count). The molecule has 2 N–H and O–H groups in total. The zero-order valence-electron chi connectivity index (χ0n) is 15.6. The molecule has 0 spiro atoms. The smallest absolute Gasteiger partial charge is 0.325 e. The van der Waals surface area contributed by atoms with Crippen molar-refractivity contribution in [2.24, 2.45) is 5.92 Å². The minimum atomic E-state index is -1.02. The van der Waals surface area contributed by atoms with Gasteiger partial charge in [-0.15, -0.1) is 0 Å². The molecule has 3 aromatic rings. The Hall–Kier alpha value is -3.62. The van der Waals surface area contributed by atoms with Crippen LogP contribution in [0.15, 0.2) is 48.8 Å². The van der Waals surface area contributed by atoms with E-state index in [2.05, 4.69) is 15.5 Å². The van der Waals surface area contributed by atoms with Gasteiger partial charge in [0.25, 0.3) is 5.91 Å². The highest BCUT2D eigenvalue weighted by Gasteiger charge is 2.20. The maximum atomic E-state index is 12.7. The van der Waals surface area contributed by atoms with Gasteiger partial charge in [0.05, 0.1) is 18.5 Å². The fraction of sp³-hybridized carbons (Fsp3) is 0.263. The van der Waals surface area contributed by atoms with Gasteiger partial charge in [-0.2, -0.15) is 10.2 Å². The zero-order valence-corrected chi connectivity index (χ0v) is 15.6. The molecule has 2 aromatic heterocycles. The number of carboxylic acids is 1. The highest BCUT2D eigenvalue weighted by molar-refractivity contribution is 6.04. The van der Waals surface area contributed by atoms with E-state index in [1.165, 1.54) is 16.9 Å². The number of carbonyl (C=O) groups excluding carboxylic acids is 1. The predicted octanol–water partition coefficient (Wildman–Crippen LogP) is 2.44. The monoisotopic (exact) mass is 383 g/mol. The Morgan fingerprint density at radius 1 is 1.18 bits per heavy atom. The second-order valence-corrected chi connectivity index (χ2v) is 6.57. The van der Waals surface area contributed by atoms with E-state index in [0.29, 0.717) is 12.4 Å². The van der Waals surface area contributed by atoms with Gasteiger partial charge in [0.15, 0.2) is 17.3 Å². The number of nitrogens with zero attached hydrogens (tertiary/aromatic N) is 4. The average molecular weight is 383 g/mol. The van der Waals surface area contributed by atoms with E-state index in [9.17, 15) is 9.59 Å². The molecule has 0 saturated heterocycles. The highest BCUT2D eigenvalue weighted by Crippen LogP contribution is 2.22. The predicted molar refractivity (Wildman–Crippen MR) is 102 cm³/mol. The van der Waals surface area contributed by atoms with E-state index in [1.54, 1.807) is 10.9 Å². The Kier molecular flexibility index (Phi) is 5.73. The second kappa shape index (κ2) is 8.38. The molecule has 0 radical (unpaired) electrons. The molecular formula is C19H21N5O4. The van der Waals surface area contributed by atoms with Gasteiger partial charge in [0.2, 0.25) is 0 Å². The number of aromatic nitrogens is 4. The summed E-state index contributed by atoms with van der Waals surface area (Å²) in [5.74, 6) is -0.640. The Balaban J connectivity index is 1.83. The molecule has 1 amide bonds. The molecule has 0 aliphatic heterocycles. The number of anilines is 1. The molecular weight excluding hydrogens is 362 g/mol. The van der Waals surface area contributed by atoms with E-state index < -0.39 is 11.9 Å². The number of nitrogens with one attached hydrogen (secondary N) is 1. The van der Waals surface area contributed by atoms with Crippen LogP contribution in [0, 0.1) is 5.92 Å². The standard InChI is InChI=1S/C19H21N5O4/c1-13(2)12-28-15-10-24(14-6-4-3-5-7-14)22-18(15)19(27)20-16-8-9-23(21-16)11-17(25)26/h3-10,13H,11-12H2,1-2H3,(H,25,26)(H,20,21,27). The zero-order chi connectivity index (χ0) is 20.1. The van der Waals surface area contributed by atoms with Crippen LogP contribution in [0.5, 0.6) is 5.75 Å². The lowest BCUT2D eigenvalue weighted by Gasteiger charge is -2.07. The van der Waals surface area contributed by atoms with Gasteiger partial charge < -0.3 is 15.2 Å². The molecule has 2 heterocycles. The number of benzene rings is 1. The third-order valence-corrected chi connectivity index (χ3v) is 3.67. The van der Waals surface area contributed by atoms with Crippen LogP contribution in [-0.4, -0.2) is 43.2 Å². The largest absolute Gasteiger partial charge is 0.489 e. The maximum Gasteiger partial charge on any atom is 0.325 e. The summed E-state index contributed by atoms with van der Waals surface area (Å²) in [4.78, 5) is 23.5. The maximum absolute atomic E-state index is 12.7. The van der Waals surface area contributed by atoms with E-state index in [4.69, 9.17) is 9.84 Å². The summed E-state index contributed by atoms with van der Waals surface area (Å²) in [5, 5.41) is 19.8. The summed E-state index contributed by atoms with van der Waals surface area (Å²) in [6.07, 6.45) is 3.14. The summed E-state index contributed by atoms with van der Waals surface area (Å²) in [6.45, 7) is 4.17. The molecule has 9 nitrogen and oxygen atoms in total. The molecule has 146 valence electrons. The van der Waals surface area contributed by atoms with Gasteiger partial charge in [-0.3, -0.25) is 14.3 Å². The van der Waals surface area contributed by atoms with E-state index in [-0.39, 0.29) is 24.0 Å². The third-order valence-electron chi connectivity index (χ3n) is 3.67. The average Bonchev–Trinajstić information content (AvgIpc) is 3.27. The normalized spacial score (nSPS) is 10.8. The van der Waals surface area contributed by atoms with E-state index >= 15 is 0 Å². The van der Waals surface area contributed by atoms with Crippen LogP contribution < -0.4 is 10.1 Å². The fourth-order valence-corrected chi connectivity index (χ4v) is 2.42. The van der Waals surface area contributed by atoms with Crippen LogP contribution in [0.25, 0.3) is 5.69 Å². The summed E-state index contributed by atoms with van der Waals surface area (Å²) < 4.78 is 8.57. The first-order valence-electron chi connectivity index (χ1n) is 8.77. The number of amides is 1. The van der Waals surface area contributed by atoms with Gasteiger partial charge in [-0.25, -0.2) is 4.68 Å². The Labute approximate surface area is 161 Å². The summed E-state index contributed by atoms with van der Waals surface area (Å²) >= 11 is 0. The van der Waals surface area contributed by atoms with Crippen LogP contribution >= 0.6 is 0 Å². The molecule has 0 atom stereocenters. The first-order chi connectivity index (χ1) is 13.4. The number of aliphatic carboxylic acids is 1. The van der Waals surface area contributed by atoms with Crippen LogP contribution in [-0.2, 0) is 11.3 Å². The van der Waals surface area contributed by atoms with Gasteiger partial charge in [0.1, 0.15) is 6.54 Å². The van der Waals surface area contributed by atoms with Crippen molar-refractivity contribution in [3.8, 4) is 11.4 Å². The highest BCUT2D eigenvalue weighted by atomic mass is 16.5. The van der Waals surface area contributed by atoms with Crippen molar-refractivity contribution < 1.29 is 19.4 Å². The van der Waals surface area contributed by atoms with Crippen molar-refractivity contribution >= 4 is 17.7 Å². The first-order valence-corrected chi connectivity index (χ1v) is 8.77. The number of para-hydroxylation sites is 1. The third kappa shape index (κ3) is 4.76. The van der Waals surface area contributed by atoms with Crippen molar-refractivity contribution in [1.29, 1.82) is 0 Å². The number of carboxylic acid groups (broad SMARTS) is 1. The molecule has 0 unspecified atom stereocenters. The minimum Gasteiger partial charge on any atom is -0.489 e. The number of ether oxygens (including phenoxy) is 1. The molecule has 9 heteroatoms. The molecule has 0 saturated carbocycles. The quantitative estimate of drug-likeness (QED) is 0.618. The summed E-state index contributed by atoms with van der Waals surface area (Å²) in [7, 11) is 0. The topological polar surface area (TPSA) is 111 Å². The Morgan fingerprint density at radius 3 is 2.61 bits per heavy atom. The number of hydrogen-bond acceptors (Lipinski definition) is 5. The molecule has 0 aliphatic rings. The minimum absolute atomic E-state index is 0.122. The van der Waals surface area contributed by atoms with Gasteiger partial charge in [-0.05, 0) is 18.1 Å². The number of hydrogen-bond donors (Lipinski definition) is 2. The lowest BCUT2D eigenvalue weighted by atomic mass is 10.2. The van der Waals surface area contributed by atoms with E-state index in [1.807, 2.05) is 44.2 Å². The number of carbonyl (C=O) groups is 2. The van der Waals surface area contributed by atoms with E-state index in [0.717, 1.165) is 5.69 Å². The second-order valence-electron chi connectivity index (χ2n) is 6.57. The Morgan fingerprint density at radius 2 is 1.93 bits per heavy atom. The van der Waals surface area contributed by atoms with Gasteiger partial charge in [0, 0.05) is 12.3 Å².